The first-order valence-electron chi connectivity index (χ1n) is 8.28. The first-order chi connectivity index (χ1) is 9.65. The van der Waals surface area contributed by atoms with Crippen LogP contribution in [0.2, 0.25) is 0 Å². The molecule has 20 heavy (non-hydrogen) atoms. The third kappa shape index (κ3) is 4.42. The number of rotatable bonds is 6. The van der Waals surface area contributed by atoms with Crippen LogP contribution in [-0.4, -0.2) is 63.0 Å². The maximum atomic E-state index is 5.83. The Morgan fingerprint density at radius 2 is 2.15 bits per heavy atom. The van der Waals surface area contributed by atoms with Gasteiger partial charge in [-0.25, -0.2) is 0 Å². The Bertz CT molecular complexity index is 278. The van der Waals surface area contributed by atoms with Crippen LogP contribution in [0.25, 0.3) is 0 Å². The van der Waals surface area contributed by atoms with Gasteiger partial charge in [-0.3, -0.25) is 4.90 Å². The van der Waals surface area contributed by atoms with Crippen LogP contribution in [0.1, 0.15) is 40.0 Å². The fourth-order valence-corrected chi connectivity index (χ4v) is 3.35. The normalized spacial score (nSPS) is 32.7. The van der Waals surface area contributed by atoms with Gasteiger partial charge in [-0.05, 0) is 19.3 Å². The molecule has 2 aliphatic rings. The highest BCUT2D eigenvalue weighted by Gasteiger charge is 2.37. The van der Waals surface area contributed by atoms with E-state index >= 15 is 0 Å². The zero-order chi connectivity index (χ0) is 14.4. The molecule has 4 nitrogen and oxygen atoms in total. The minimum atomic E-state index is 0.285. The fraction of sp³-hybridized carbons (Fsp3) is 1.00. The molecule has 0 amide bonds. The summed E-state index contributed by atoms with van der Waals surface area (Å²) in [6, 6.07) is 1.13. The number of morpholine rings is 1. The van der Waals surface area contributed by atoms with Gasteiger partial charge in [0.25, 0.3) is 0 Å². The molecule has 2 fully saturated rings. The van der Waals surface area contributed by atoms with Gasteiger partial charge in [-0.15, -0.1) is 0 Å². The summed E-state index contributed by atoms with van der Waals surface area (Å²) in [5, 5.41) is 3.64. The van der Waals surface area contributed by atoms with E-state index in [9.17, 15) is 0 Å². The smallest absolute Gasteiger partial charge is 0.0622 e. The Morgan fingerprint density at radius 3 is 2.80 bits per heavy atom. The second-order valence-corrected chi connectivity index (χ2v) is 6.80. The zero-order valence-electron chi connectivity index (χ0n) is 13.5. The maximum absolute atomic E-state index is 5.83. The molecular weight excluding hydrogens is 252 g/mol. The molecule has 2 saturated heterocycles. The lowest BCUT2D eigenvalue weighted by Gasteiger charge is -2.45. The lowest BCUT2D eigenvalue weighted by atomic mass is 9.81. The van der Waals surface area contributed by atoms with Crippen LogP contribution in [0.15, 0.2) is 0 Å². The van der Waals surface area contributed by atoms with Gasteiger partial charge < -0.3 is 14.8 Å². The van der Waals surface area contributed by atoms with E-state index in [1.165, 1.54) is 19.3 Å². The van der Waals surface area contributed by atoms with Crippen molar-refractivity contribution < 1.29 is 9.47 Å². The Hall–Kier alpha value is -0.160. The second kappa shape index (κ2) is 7.74. The van der Waals surface area contributed by atoms with Crippen molar-refractivity contribution in [1.82, 2.24) is 10.2 Å². The molecule has 0 aromatic carbocycles. The average molecular weight is 284 g/mol. The monoisotopic (exact) mass is 284 g/mol. The first kappa shape index (κ1) is 16.2. The van der Waals surface area contributed by atoms with Crippen LogP contribution in [-0.2, 0) is 9.47 Å². The van der Waals surface area contributed by atoms with E-state index in [0.29, 0.717) is 12.1 Å². The minimum absolute atomic E-state index is 0.285. The van der Waals surface area contributed by atoms with Crippen LogP contribution in [0, 0.1) is 5.41 Å². The molecule has 0 radical (unpaired) electrons. The van der Waals surface area contributed by atoms with Crippen molar-refractivity contribution in [3.8, 4) is 0 Å². The molecule has 2 aliphatic heterocycles. The summed E-state index contributed by atoms with van der Waals surface area (Å²) in [6.07, 6.45) is 3.65. The lowest BCUT2D eigenvalue weighted by molar-refractivity contribution is -0.0667. The highest BCUT2D eigenvalue weighted by atomic mass is 16.5. The molecular formula is C16H32N2O2. The third-order valence-corrected chi connectivity index (χ3v) is 4.65. The van der Waals surface area contributed by atoms with Crippen LogP contribution in [0.4, 0.5) is 0 Å². The number of nitrogens with one attached hydrogen (secondary N) is 1. The van der Waals surface area contributed by atoms with Gasteiger partial charge in [0.2, 0.25) is 0 Å². The van der Waals surface area contributed by atoms with E-state index in [1.54, 1.807) is 0 Å². The Labute approximate surface area is 124 Å². The molecule has 0 aromatic rings. The summed E-state index contributed by atoms with van der Waals surface area (Å²) in [5.74, 6) is 0. The van der Waals surface area contributed by atoms with Gasteiger partial charge in [-0.2, -0.15) is 0 Å². The predicted molar refractivity (Wildman–Crippen MR) is 82.1 cm³/mol. The van der Waals surface area contributed by atoms with E-state index in [2.05, 4.69) is 31.0 Å². The van der Waals surface area contributed by atoms with Crippen molar-refractivity contribution in [1.29, 1.82) is 0 Å². The van der Waals surface area contributed by atoms with Gasteiger partial charge in [0.1, 0.15) is 0 Å². The molecule has 2 heterocycles. The maximum Gasteiger partial charge on any atom is 0.0622 e. The molecule has 118 valence electrons. The van der Waals surface area contributed by atoms with Gasteiger partial charge >= 0.3 is 0 Å². The highest BCUT2D eigenvalue weighted by molar-refractivity contribution is 4.90. The van der Waals surface area contributed by atoms with Crippen LogP contribution in [0.3, 0.4) is 0 Å². The molecule has 0 aliphatic carbocycles. The third-order valence-electron chi connectivity index (χ3n) is 4.65. The van der Waals surface area contributed by atoms with Crippen LogP contribution >= 0.6 is 0 Å². The molecule has 0 bridgehead atoms. The molecule has 2 unspecified atom stereocenters. The van der Waals surface area contributed by atoms with E-state index in [-0.39, 0.29) is 5.41 Å². The Balaban J connectivity index is 1.98. The fourth-order valence-electron chi connectivity index (χ4n) is 3.35. The molecule has 0 spiro atoms. The van der Waals surface area contributed by atoms with Crippen molar-refractivity contribution in [3.05, 3.63) is 0 Å². The van der Waals surface area contributed by atoms with Crippen LogP contribution in [0.5, 0.6) is 0 Å². The van der Waals surface area contributed by atoms with E-state index in [1.807, 2.05) is 0 Å². The number of hydrogen-bond donors (Lipinski definition) is 1. The summed E-state index contributed by atoms with van der Waals surface area (Å²) >= 11 is 0. The quantitative estimate of drug-likeness (QED) is 0.807. The van der Waals surface area contributed by atoms with Crippen molar-refractivity contribution in [2.24, 2.45) is 5.41 Å². The number of hydrogen-bond acceptors (Lipinski definition) is 4. The molecule has 0 aromatic heterocycles. The summed E-state index contributed by atoms with van der Waals surface area (Å²) < 4.78 is 11.5. The zero-order valence-corrected chi connectivity index (χ0v) is 13.5. The van der Waals surface area contributed by atoms with E-state index in [4.69, 9.17) is 9.47 Å². The Kier molecular flexibility index (Phi) is 6.27. The number of nitrogens with zero attached hydrogens (tertiary/aromatic N) is 1. The SMILES string of the molecule is CCC1COCCN1CC1(CNC(C)C)CCCOC1. The largest absolute Gasteiger partial charge is 0.381 e. The van der Waals surface area contributed by atoms with Crippen LogP contribution < -0.4 is 5.32 Å². The van der Waals surface area contributed by atoms with Gasteiger partial charge in [0, 0.05) is 43.7 Å². The second-order valence-electron chi connectivity index (χ2n) is 6.80. The lowest BCUT2D eigenvalue weighted by Crippen LogP contribution is -2.55. The van der Waals surface area contributed by atoms with Crippen molar-refractivity contribution >= 4 is 0 Å². The molecule has 4 heteroatoms. The summed E-state index contributed by atoms with van der Waals surface area (Å²) in [5.41, 5.74) is 0.285. The highest BCUT2D eigenvalue weighted by Crippen LogP contribution is 2.31. The minimum Gasteiger partial charge on any atom is -0.381 e. The van der Waals surface area contributed by atoms with Crippen molar-refractivity contribution in [2.45, 2.75) is 52.1 Å². The Morgan fingerprint density at radius 1 is 1.30 bits per heavy atom. The van der Waals surface area contributed by atoms with Gasteiger partial charge in [0.15, 0.2) is 0 Å². The average Bonchev–Trinajstić information content (AvgIpc) is 2.47. The van der Waals surface area contributed by atoms with E-state index < -0.39 is 0 Å². The van der Waals surface area contributed by atoms with Crippen molar-refractivity contribution in [3.63, 3.8) is 0 Å². The van der Waals surface area contributed by atoms with Gasteiger partial charge in [-0.1, -0.05) is 20.8 Å². The first-order valence-corrected chi connectivity index (χ1v) is 8.28. The van der Waals surface area contributed by atoms with Gasteiger partial charge in [0.05, 0.1) is 19.8 Å². The number of ether oxygens (including phenoxy) is 2. The molecule has 1 N–H and O–H groups in total. The molecule has 2 atom stereocenters. The molecule has 0 saturated carbocycles. The summed E-state index contributed by atoms with van der Waals surface area (Å²) in [4.78, 5) is 2.64. The van der Waals surface area contributed by atoms with Crippen molar-refractivity contribution in [2.75, 3.05) is 46.1 Å². The standard InChI is InChI=1S/C16H32N2O2/c1-4-15-10-19-9-7-18(15)12-16(11-17-14(2)3)6-5-8-20-13-16/h14-15,17H,4-13H2,1-3H3. The van der Waals surface area contributed by atoms with E-state index in [0.717, 1.165) is 46.1 Å². The summed E-state index contributed by atoms with van der Waals surface area (Å²) in [7, 11) is 0. The summed E-state index contributed by atoms with van der Waals surface area (Å²) in [6.45, 7) is 13.6. The predicted octanol–water partition coefficient (Wildman–Crippen LogP) is 1.89. The topological polar surface area (TPSA) is 33.7 Å². The molecule has 2 rings (SSSR count).